The van der Waals surface area contributed by atoms with E-state index in [1.54, 1.807) is 19.1 Å². The van der Waals surface area contributed by atoms with Crippen LogP contribution in [0.5, 0.6) is 0 Å². The molecule has 0 aromatic heterocycles. The maximum absolute atomic E-state index is 12.2. The zero-order valence-corrected chi connectivity index (χ0v) is 14.1. The third kappa shape index (κ3) is 4.74. The van der Waals surface area contributed by atoms with Crippen molar-refractivity contribution in [2.75, 3.05) is 10.6 Å². The first-order chi connectivity index (χ1) is 9.66. The number of rotatable bonds is 6. The Balaban J connectivity index is 3.09. The van der Waals surface area contributed by atoms with Gasteiger partial charge in [0.2, 0.25) is 15.9 Å². The Kier molecular flexibility index (Phi) is 5.78. The molecule has 0 spiro atoms. The van der Waals surface area contributed by atoms with E-state index in [-0.39, 0.29) is 11.9 Å². The van der Waals surface area contributed by atoms with Crippen LogP contribution in [0, 0.1) is 6.92 Å². The first-order valence-corrected chi connectivity index (χ1v) is 8.88. The molecule has 0 fully saturated rings. The zero-order chi connectivity index (χ0) is 16.2. The van der Waals surface area contributed by atoms with Crippen molar-refractivity contribution >= 4 is 21.6 Å². The zero-order valence-electron chi connectivity index (χ0n) is 13.3. The molecule has 0 heterocycles. The normalized spacial score (nSPS) is 14.3. The van der Waals surface area contributed by atoms with E-state index in [9.17, 15) is 13.2 Å². The third-order valence-electron chi connectivity index (χ3n) is 3.38. The fourth-order valence-electron chi connectivity index (χ4n) is 1.97. The van der Waals surface area contributed by atoms with Gasteiger partial charge in [0.05, 0.1) is 11.9 Å². The monoisotopic (exact) mass is 312 g/mol. The molecular weight excluding hydrogens is 288 g/mol. The molecule has 6 heteroatoms. The Morgan fingerprint density at radius 3 is 2.19 bits per heavy atom. The van der Waals surface area contributed by atoms with Crippen LogP contribution < -0.4 is 9.62 Å². The van der Waals surface area contributed by atoms with E-state index in [1.165, 1.54) is 0 Å². The first-order valence-electron chi connectivity index (χ1n) is 7.03. The summed E-state index contributed by atoms with van der Waals surface area (Å²) in [5.41, 5.74) is 1.53. The molecule has 0 aliphatic heterocycles. The molecule has 0 saturated heterocycles. The molecule has 0 aliphatic carbocycles. The molecule has 5 nitrogen and oxygen atoms in total. The Morgan fingerprint density at radius 2 is 1.76 bits per heavy atom. The summed E-state index contributed by atoms with van der Waals surface area (Å²) in [4.78, 5) is 12.2. The second kappa shape index (κ2) is 6.93. The number of sulfonamides is 1. The summed E-state index contributed by atoms with van der Waals surface area (Å²) >= 11 is 0. The number of hydrogen-bond donors (Lipinski definition) is 1. The Hall–Kier alpha value is -1.56. The maximum atomic E-state index is 12.2. The Bertz CT molecular complexity index is 581. The van der Waals surface area contributed by atoms with Gasteiger partial charge >= 0.3 is 0 Å². The Labute approximate surface area is 127 Å². The lowest BCUT2D eigenvalue weighted by Gasteiger charge is -2.29. The molecular formula is C15H24N2O3S. The van der Waals surface area contributed by atoms with Gasteiger partial charge in [0.1, 0.15) is 6.04 Å². The molecule has 2 unspecified atom stereocenters. The molecule has 0 saturated carbocycles. The molecule has 118 valence electrons. The van der Waals surface area contributed by atoms with Crippen molar-refractivity contribution in [3.8, 4) is 0 Å². The quantitative estimate of drug-likeness (QED) is 0.874. The van der Waals surface area contributed by atoms with Crippen LogP contribution in [0.4, 0.5) is 5.69 Å². The topological polar surface area (TPSA) is 66.5 Å². The lowest BCUT2D eigenvalue weighted by atomic mass is 10.2. The second-order valence-electron chi connectivity index (χ2n) is 5.39. The molecule has 21 heavy (non-hydrogen) atoms. The second-order valence-corrected chi connectivity index (χ2v) is 7.25. The van der Waals surface area contributed by atoms with Crippen LogP contribution in [0.1, 0.15) is 32.8 Å². The number of anilines is 1. The fraction of sp³-hybridized carbons (Fsp3) is 0.533. The smallest absolute Gasteiger partial charge is 0.243 e. The van der Waals surface area contributed by atoms with E-state index in [1.807, 2.05) is 32.9 Å². The average molecular weight is 312 g/mol. The van der Waals surface area contributed by atoms with E-state index in [0.717, 1.165) is 22.5 Å². The van der Waals surface area contributed by atoms with E-state index in [2.05, 4.69) is 5.32 Å². The number of hydrogen-bond acceptors (Lipinski definition) is 3. The highest BCUT2D eigenvalue weighted by Gasteiger charge is 2.29. The van der Waals surface area contributed by atoms with Crippen LogP contribution in [0.3, 0.4) is 0 Å². The molecule has 1 N–H and O–H groups in total. The van der Waals surface area contributed by atoms with Gasteiger partial charge in [-0.05, 0) is 39.3 Å². The van der Waals surface area contributed by atoms with Crippen LogP contribution >= 0.6 is 0 Å². The van der Waals surface area contributed by atoms with Crippen LogP contribution in [0.15, 0.2) is 24.3 Å². The lowest BCUT2D eigenvalue weighted by molar-refractivity contribution is -0.122. The molecule has 0 aliphatic rings. The van der Waals surface area contributed by atoms with Gasteiger partial charge < -0.3 is 5.32 Å². The summed E-state index contributed by atoms with van der Waals surface area (Å²) in [5, 5.41) is 2.82. The predicted octanol–water partition coefficient (Wildman–Crippen LogP) is 2.06. The largest absolute Gasteiger partial charge is 0.352 e. The van der Waals surface area contributed by atoms with Crippen molar-refractivity contribution in [2.45, 2.75) is 46.2 Å². The molecule has 0 radical (unpaired) electrons. The van der Waals surface area contributed by atoms with Crippen molar-refractivity contribution in [3.63, 3.8) is 0 Å². The van der Waals surface area contributed by atoms with Gasteiger partial charge in [0.15, 0.2) is 0 Å². The maximum Gasteiger partial charge on any atom is 0.243 e. The van der Waals surface area contributed by atoms with Crippen molar-refractivity contribution in [1.29, 1.82) is 0 Å². The standard InChI is InChI=1S/C15H24N2O3S/c1-6-12(3)16-15(18)13(4)17(21(5,19)20)14-9-7-11(2)8-10-14/h7-10,12-13H,6H2,1-5H3,(H,16,18). The summed E-state index contributed by atoms with van der Waals surface area (Å²) < 4.78 is 25.3. The van der Waals surface area contributed by atoms with Gasteiger partial charge in [-0.15, -0.1) is 0 Å². The summed E-state index contributed by atoms with van der Waals surface area (Å²) in [5.74, 6) is -0.296. The minimum Gasteiger partial charge on any atom is -0.352 e. The van der Waals surface area contributed by atoms with Crippen molar-refractivity contribution < 1.29 is 13.2 Å². The number of nitrogens with one attached hydrogen (secondary N) is 1. The van der Waals surface area contributed by atoms with E-state index >= 15 is 0 Å². The molecule has 1 amide bonds. The van der Waals surface area contributed by atoms with Gasteiger partial charge in [-0.1, -0.05) is 24.6 Å². The Morgan fingerprint density at radius 1 is 1.24 bits per heavy atom. The van der Waals surface area contributed by atoms with Crippen LogP contribution in [-0.2, 0) is 14.8 Å². The van der Waals surface area contributed by atoms with Gasteiger partial charge in [0.25, 0.3) is 0 Å². The van der Waals surface area contributed by atoms with Crippen LogP contribution in [0.2, 0.25) is 0 Å². The predicted molar refractivity (Wildman–Crippen MR) is 85.9 cm³/mol. The number of carbonyl (C=O) groups excluding carboxylic acids is 1. The van der Waals surface area contributed by atoms with Crippen molar-refractivity contribution in [1.82, 2.24) is 5.32 Å². The number of amides is 1. The van der Waals surface area contributed by atoms with Crippen LogP contribution in [0.25, 0.3) is 0 Å². The average Bonchev–Trinajstić information content (AvgIpc) is 2.39. The summed E-state index contributed by atoms with van der Waals surface area (Å²) in [7, 11) is -3.55. The molecule has 0 bridgehead atoms. The van der Waals surface area contributed by atoms with E-state index in [0.29, 0.717) is 5.69 Å². The SMILES string of the molecule is CCC(C)NC(=O)C(C)N(c1ccc(C)cc1)S(C)(=O)=O. The van der Waals surface area contributed by atoms with Crippen LogP contribution in [-0.4, -0.2) is 32.7 Å². The molecule has 1 rings (SSSR count). The number of carbonyl (C=O) groups is 1. The highest BCUT2D eigenvalue weighted by molar-refractivity contribution is 7.92. The van der Waals surface area contributed by atoms with Gasteiger partial charge in [-0.3, -0.25) is 9.10 Å². The van der Waals surface area contributed by atoms with Gasteiger partial charge in [-0.25, -0.2) is 8.42 Å². The third-order valence-corrected chi connectivity index (χ3v) is 4.62. The van der Waals surface area contributed by atoms with E-state index in [4.69, 9.17) is 0 Å². The molecule has 1 aromatic carbocycles. The summed E-state index contributed by atoms with van der Waals surface area (Å²) in [6, 6.07) is 6.29. The fourth-order valence-corrected chi connectivity index (χ4v) is 3.14. The number of nitrogens with zero attached hydrogens (tertiary/aromatic N) is 1. The minimum absolute atomic E-state index is 0.0133. The first kappa shape index (κ1) is 17.5. The van der Waals surface area contributed by atoms with Crippen molar-refractivity contribution in [2.24, 2.45) is 0 Å². The highest BCUT2D eigenvalue weighted by Crippen LogP contribution is 2.21. The van der Waals surface area contributed by atoms with Gasteiger partial charge in [-0.2, -0.15) is 0 Å². The highest BCUT2D eigenvalue weighted by atomic mass is 32.2. The van der Waals surface area contributed by atoms with Gasteiger partial charge in [0, 0.05) is 6.04 Å². The number of aryl methyl sites for hydroxylation is 1. The van der Waals surface area contributed by atoms with Crippen molar-refractivity contribution in [3.05, 3.63) is 29.8 Å². The molecule has 1 aromatic rings. The number of benzene rings is 1. The summed E-state index contributed by atoms with van der Waals surface area (Å²) in [6.07, 6.45) is 1.90. The molecule has 2 atom stereocenters. The van der Waals surface area contributed by atoms with E-state index < -0.39 is 16.1 Å². The minimum atomic E-state index is -3.55. The summed E-state index contributed by atoms with van der Waals surface area (Å²) in [6.45, 7) is 7.37. The lowest BCUT2D eigenvalue weighted by Crippen LogP contribution is -2.49.